The van der Waals surface area contributed by atoms with E-state index >= 15 is 0 Å². The molecule has 1 N–H and O–H groups in total. The first-order valence-corrected chi connectivity index (χ1v) is 9.02. The van der Waals surface area contributed by atoms with Crippen LogP contribution in [-0.2, 0) is 16.9 Å². The summed E-state index contributed by atoms with van der Waals surface area (Å²) >= 11 is 6.31. The summed E-state index contributed by atoms with van der Waals surface area (Å²) in [6.07, 6.45) is 1.20. The van der Waals surface area contributed by atoms with Gasteiger partial charge in [0.1, 0.15) is 15.7 Å². The van der Waals surface area contributed by atoms with Gasteiger partial charge >= 0.3 is 0 Å². The molecule has 6 nitrogen and oxygen atoms in total. The molecule has 0 bridgehead atoms. The average molecular weight is 329 g/mol. The topological polar surface area (TPSA) is 76.9 Å². The van der Waals surface area contributed by atoms with Crippen molar-refractivity contribution < 1.29 is 8.42 Å². The van der Waals surface area contributed by atoms with Crippen molar-refractivity contribution in [3.05, 3.63) is 16.8 Å². The smallest absolute Gasteiger partial charge is 0.161 e. The van der Waals surface area contributed by atoms with Crippen LogP contribution in [0.4, 0.5) is 5.82 Å². The van der Waals surface area contributed by atoms with E-state index in [0.29, 0.717) is 23.7 Å². The molecule has 8 heteroatoms. The number of aryl methyl sites for hydroxylation is 2. The number of sulfone groups is 1. The fourth-order valence-electron chi connectivity index (χ4n) is 2.71. The van der Waals surface area contributed by atoms with Crippen LogP contribution in [0.5, 0.6) is 0 Å². The minimum atomic E-state index is -2.85. The zero-order chi connectivity index (χ0) is 15.2. The van der Waals surface area contributed by atoms with Crippen LogP contribution in [0.2, 0.25) is 5.02 Å². The molecule has 0 unspecified atom stereocenters. The van der Waals surface area contributed by atoms with Crippen LogP contribution in [0.1, 0.15) is 18.5 Å². The lowest BCUT2D eigenvalue weighted by atomic mass is 10.1. The van der Waals surface area contributed by atoms with Crippen molar-refractivity contribution in [2.24, 2.45) is 7.05 Å². The number of nitrogens with zero attached hydrogens (tertiary/aromatic N) is 3. The first-order chi connectivity index (χ1) is 9.85. The Morgan fingerprint density at radius 3 is 2.71 bits per heavy atom. The minimum absolute atomic E-state index is 0.115. The molecule has 0 spiro atoms. The van der Waals surface area contributed by atoms with Crippen molar-refractivity contribution in [2.75, 3.05) is 16.8 Å². The fourth-order valence-corrected chi connectivity index (χ4v) is 4.53. The van der Waals surface area contributed by atoms with E-state index in [1.165, 1.54) is 0 Å². The summed E-state index contributed by atoms with van der Waals surface area (Å²) in [6.45, 7) is 1.90. The van der Waals surface area contributed by atoms with E-state index in [0.717, 1.165) is 16.7 Å². The van der Waals surface area contributed by atoms with Gasteiger partial charge in [-0.3, -0.25) is 4.68 Å². The number of fused-ring (bicyclic) bond motifs is 1. The molecule has 1 fully saturated rings. The third kappa shape index (κ3) is 2.85. The Morgan fingerprint density at radius 1 is 1.38 bits per heavy atom. The summed E-state index contributed by atoms with van der Waals surface area (Å²) < 4.78 is 24.6. The highest BCUT2D eigenvalue weighted by Gasteiger charge is 2.24. The Morgan fingerprint density at radius 2 is 2.05 bits per heavy atom. The molecule has 2 aromatic heterocycles. The lowest BCUT2D eigenvalue weighted by Crippen LogP contribution is -2.32. The van der Waals surface area contributed by atoms with Gasteiger partial charge < -0.3 is 5.32 Å². The van der Waals surface area contributed by atoms with Gasteiger partial charge in [0.15, 0.2) is 5.65 Å². The predicted molar refractivity (Wildman–Crippen MR) is 83.6 cm³/mol. The summed E-state index contributed by atoms with van der Waals surface area (Å²) in [5.41, 5.74) is 1.58. The molecule has 1 aliphatic heterocycles. The number of hydrogen-bond acceptors (Lipinski definition) is 5. The molecule has 0 amide bonds. The number of anilines is 1. The van der Waals surface area contributed by atoms with Gasteiger partial charge in [-0.05, 0) is 25.8 Å². The largest absolute Gasteiger partial charge is 0.367 e. The van der Waals surface area contributed by atoms with Gasteiger partial charge in [0.05, 0.1) is 27.6 Å². The molecule has 0 radical (unpaired) electrons. The standard InChI is InChI=1S/C13H17ClN4O2S/c1-8-12-10(14)7-11(16-13(12)18(2)17-8)15-9-3-5-21(19,20)6-4-9/h7,9H,3-6H2,1-2H3,(H,15,16). The second-order valence-corrected chi connectivity index (χ2v) is 8.18. The van der Waals surface area contributed by atoms with Crippen LogP contribution in [-0.4, -0.2) is 40.7 Å². The molecule has 3 heterocycles. The molecule has 0 atom stereocenters. The maximum atomic E-state index is 11.4. The van der Waals surface area contributed by atoms with Crippen molar-refractivity contribution in [1.29, 1.82) is 0 Å². The van der Waals surface area contributed by atoms with Crippen molar-refractivity contribution in [3.8, 4) is 0 Å². The average Bonchev–Trinajstić information content (AvgIpc) is 2.68. The lowest BCUT2D eigenvalue weighted by molar-refractivity contribution is 0.559. The zero-order valence-corrected chi connectivity index (χ0v) is 13.5. The molecule has 21 heavy (non-hydrogen) atoms. The molecule has 0 aliphatic carbocycles. The molecule has 0 saturated carbocycles. The van der Waals surface area contributed by atoms with Crippen LogP contribution >= 0.6 is 11.6 Å². The third-order valence-corrected chi connectivity index (χ3v) is 5.84. The van der Waals surface area contributed by atoms with E-state index in [1.54, 1.807) is 10.7 Å². The quantitative estimate of drug-likeness (QED) is 0.911. The highest BCUT2D eigenvalue weighted by atomic mass is 35.5. The summed E-state index contributed by atoms with van der Waals surface area (Å²) in [5, 5.41) is 9.07. The van der Waals surface area contributed by atoms with E-state index in [4.69, 9.17) is 11.6 Å². The highest BCUT2D eigenvalue weighted by Crippen LogP contribution is 2.28. The van der Waals surface area contributed by atoms with Crippen LogP contribution in [0.15, 0.2) is 6.07 Å². The van der Waals surface area contributed by atoms with Crippen LogP contribution in [0, 0.1) is 6.92 Å². The van der Waals surface area contributed by atoms with Gasteiger partial charge in [-0.15, -0.1) is 0 Å². The summed E-state index contributed by atoms with van der Waals surface area (Å²) in [4.78, 5) is 4.54. The SMILES string of the molecule is Cc1nn(C)c2nc(NC3CCS(=O)(=O)CC3)cc(Cl)c12. The van der Waals surface area contributed by atoms with Gasteiger partial charge in [-0.25, -0.2) is 13.4 Å². The Balaban J connectivity index is 1.87. The van der Waals surface area contributed by atoms with E-state index in [9.17, 15) is 8.42 Å². The summed E-state index contributed by atoms with van der Waals surface area (Å²) in [5.74, 6) is 1.12. The first kappa shape index (κ1) is 14.6. The van der Waals surface area contributed by atoms with E-state index < -0.39 is 9.84 Å². The molecule has 0 aromatic carbocycles. The first-order valence-electron chi connectivity index (χ1n) is 6.82. The number of hydrogen-bond donors (Lipinski definition) is 1. The van der Waals surface area contributed by atoms with Gasteiger partial charge in [-0.1, -0.05) is 11.6 Å². The highest BCUT2D eigenvalue weighted by molar-refractivity contribution is 7.91. The third-order valence-electron chi connectivity index (χ3n) is 3.83. The monoisotopic (exact) mass is 328 g/mol. The van der Waals surface area contributed by atoms with Crippen LogP contribution in [0.3, 0.4) is 0 Å². The molecule has 1 saturated heterocycles. The number of rotatable bonds is 2. The molecule has 3 rings (SSSR count). The Kier molecular flexibility index (Phi) is 3.57. The number of halogens is 1. The summed E-state index contributed by atoms with van der Waals surface area (Å²) in [6, 6.07) is 1.89. The maximum absolute atomic E-state index is 11.4. The number of pyridine rings is 1. The van der Waals surface area contributed by atoms with Crippen molar-refractivity contribution >= 4 is 38.3 Å². The van der Waals surface area contributed by atoms with Gasteiger partial charge in [0.2, 0.25) is 0 Å². The minimum Gasteiger partial charge on any atom is -0.367 e. The van der Waals surface area contributed by atoms with Crippen molar-refractivity contribution in [3.63, 3.8) is 0 Å². The molecule has 2 aromatic rings. The van der Waals surface area contributed by atoms with E-state index in [1.807, 2.05) is 14.0 Å². The van der Waals surface area contributed by atoms with Crippen molar-refractivity contribution in [2.45, 2.75) is 25.8 Å². The van der Waals surface area contributed by atoms with Crippen LogP contribution < -0.4 is 5.32 Å². The number of nitrogens with one attached hydrogen (secondary N) is 1. The molecule has 1 aliphatic rings. The van der Waals surface area contributed by atoms with Gasteiger partial charge in [0.25, 0.3) is 0 Å². The zero-order valence-electron chi connectivity index (χ0n) is 11.9. The van der Waals surface area contributed by atoms with E-state index in [2.05, 4.69) is 15.4 Å². The number of aromatic nitrogens is 3. The predicted octanol–water partition coefficient (Wildman–Crippen LogP) is 1.92. The van der Waals surface area contributed by atoms with Gasteiger partial charge in [-0.2, -0.15) is 5.10 Å². The Bertz CT molecular complexity index is 786. The van der Waals surface area contributed by atoms with E-state index in [-0.39, 0.29) is 17.5 Å². The second-order valence-electron chi connectivity index (χ2n) is 5.47. The summed E-state index contributed by atoms with van der Waals surface area (Å²) in [7, 11) is -1.03. The fraction of sp³-hybridized carbons (Fsp3) is 0.538. The van der Waals surface area contributed by atoms with Crippen LogP contribution in [0.25, 0.3) is 11.0 Å². The van der Waals surface area contributed by atoms with Gasteiger partial charge in [0, 0.05) is 13.1 Å². The molecular weight excluding hydrogens is 312 g/mol. The maximum Gasteiger partial charge on any atom is 0.161 e. The molecule has 114 valence electrons. The molecular formula is C13H17ClN4O2S. The van der Waals surface area contributed by atoms with Crippen molar-refractivity contribution in [1.82, 2.24) is 14.8 Å². The lowest BCUT2D eigenvalue weighted by Gasteiger charge is -2.23. The Hall–Kier alpha value is -1.34. The normalized spacial score (nSPS) is 19.0. The Labute approximate surface area is 128 Å². The second kappa shape index (κ2) is 5.14.